The molecule has 0 aromatic carbocycles. The van der Waals surface area contributed by atoms with Crippen molar-refractivity contribution in [2.75, 3.05) is 19.8 Å². The van der Waals surface area contributed by atoms with E-state index in [1.165, 1.54) is 10.4 Å². The zero-order chi connectivity index (χ0) is 13.7. The van der Waals surface area contributed by atoms with Crippen molar-refractivity contribution in [1.82, 2.24) is 10.6 Å². The molecule has 0 aliphatic carbocycles. The maximum absolute atomic E-state index is 11.8. The molecular weight excluding hydrogens is 260 g/mol. The van der Waals surface area contributed by atoms with Crippen LogP contribution in [0.3, 0.4) is 0 Å². The number of hydrogen-bond acceptors (Lipinski definition) is 4. The van der Waals surface area contributed by atoms with Gasteiger partial charge in [0.1, 0.15) is 0 Å². The highest BCUT2D eigenvalue weighted by molar-refractivity contribution is 7.10. The van der Waals surface area contributed by atoms with Crippen molar-refractivity contribution in [3.63, 3.8) is 0 Å². The van der Waals surface area contributed by atoms with Gasteiger partial charge in [-0.25, -0.2) is 0 Å². The van der Waals surface area contributed by atoms with Crippen LogP contribution in [0.5, 0.6) is 0 Å². The van der Waals surface area contributed by atoms with Crippen molar-refractivity contribution in [2.24, 2.45) is 5.92 Å². The number of carbonyl (C=O) groups is 1. The number of thiophene rings is 1. The number of hydrogen-bond donors (Lipinski definition) is 2. The first-order chi connectivity index (χ1) is 9.16. The highest BCUT2D eigenvalue weighted by atomic mass is 32.1. The number of nitrogens with one attached hydrogen (secondary N) is 2. The van der Waals surface area contributed by atoms with Gasteiger partial charge in [-0.05, 0) is 36.3 Å². The van der Waals surface area contributed by atoms with Gasteiger partial charge >= 0.3 is 0 Å². The second-order valence-electron chi connectivity index (χ2n) is 5.13. The van der Waals surface area contributed by atoms with Crippen LogP contribution in [0.2, 0.25) is 0 Å². The molecule has 1 fully saturated rings. The van der Waals surface area contributed by atoms with Crippen LogP contribution in [0, 0.1) is 12.8 Å². The van der Waals surface area contributed by atoms with Gasteiger partial charge in [0.15, 0.2) is 0 Å². The van der Waals surface area contributed by atoms with Crippen LogP contribution in [0.1, 0.15) is 23.8 Å². The first kappa shape index (κ1) is 14.5. The third-order valence-electron chi connectivity index (χ3n) is 3.58. The normalized spacial score (nSPS) is 23.3. The largest absolute Gasteiger partial charge is 0.381 e. The predicted molar refractivity (Wildman–Crippen MR) is 77.3 cm³/mol. The molecule has 2 unspecified atom stereocenters. The van der Waals surface area contributed by atoms with E-state index in [1.807, 2.05) is 0 Å². The van der Waals surface area contributed by atoms with E-state index in [0.717, 1.165) is 19.6 Å². The number of amides is 1. The van der Waals surface area contributed by atoms with Gasteiger partial charge in [-0.2, -0.15) is 0 Å². The Balaban J connectivity index is 1.68. The minimum atomic E-state index is 0.0616. The van der Waals surface area contributed by atoms with E-state index in [4.69, 9.17) is 4.74 Å². The first-order valence-electron chi connectivity index (χ1n) is 6.77. The molecule has 1 aromatic rings. The monoisotopic (exact) mass is 282 g/mol. The minimum absolute atomic E-state index is 0.0616. The van der Waals surface area contributed by atoms with Crippen molar-refractivity contribution >= 4 is 17.2 Å². The van der Waals surface area contributed by atoms with E-state index >= 15 is 0 Å². The summed E-state index contributed by atoms with van der Waals surface area (Å²) in [6, 6.07) is 2.47. The summed E-state index contributed by atoms with van der Waals surface area (Å²) in [5, 5.41) is 8.34. The van der Waals surface area contributed by atoms with Crippen LogP contribution in [-0.2, 0) is 16.1 Å². The molecule has 0 bridgehead atoms. The molecule has 4 nitrogen and oxygen atoms in total. The van der Waals surface area contributed by atoms with Crippen LogP contribution in [0.25, 0.3) is 0 Å². The van der Waals surface area contributed by atoms with Crippen molar-refractivity contribution in [2.45, 2.75) is 32.9 Å². The fourth-order valence-electron chi connectivity index (χ4n) is 2.23. The summed E-state index contributed by atoms with van der Waals surface area (Å²) in [5.74, 6) is 0.535. The quantitative estimate of drug-likeness (QED) is 0.864. The summed E-state index contributed by atoms with van der Waals surface area (Å²) in [4.78, 5) is 13.0. The van der Waals surface area contributed by atoms with E-state index in [-0.39, 0.29) is 5.91 Å². The molecule has 19 heavy (non-hydrogen) atoms. The molecule has 1 aromatic heterocycles. The van der Waals surface area contributed by atoms with E-state index < -0.39 is 0 Å². The Hall–Kier alpha value is -0.910. The van der Waals surface area contributed by atoms with Crippen molar-refractivity contribution < 1.29 is 9.53 Å². The van der Waals surface area contributed by atoms with E-state index in [0.29, 0.717) is 25.0 Å². The summed E-state index contributed by atoms with van der Waals surface area (Å²) in [7, 11) is 0. The summed E-state index contributed by atoms with van der Waals surface area (Å²) in [6.07, 6.45) is 0.985. The van der Waals surface area contributed by atoms with Crippen LogP contribution >= 0.6 is 11.3 Å². The molecule has 2 rings (SSSR count). The lowest BCUT2D eigenvalue weighted by Crippen LogP contribution is -2.45. The third-order valence-corrected chi connectivity index (χ3v) is 4.60. The maximum Gasteiger partial charge on any atom is 0.234 e. The summed E-state index contributed by atoms with van der Waals surface area (Å²) < 4.78 is 5.39. The Labute approximate surface area is 118 Å². The molecular formula is C14H22N2O2S. The fraction of sp³-hybridized carbons (Fsp3) is 0.643. The molecule has 2 atom stereocenters. The lowest BCUT2D eigenvalue weighted by atomic mass is 9.98. The van der Waals surface area contributed by atoms with Crippen LogP contribution in [0.4, 0.5) is 0 Å². The topological polar surface area (TPSA) is 50.4 Å². The van der Waals surface area contributed by atoms with Gasteiger partial charge in [0.25, 0.3) is 0 Å². The van der Waals surface area contributed by atoms with Gasteiger partial charge < -0.3 is 15.4 Å². The second kappa shape index (κ2) is 7.03. The minimum Gasteiger partial charge on any atom is -0.381 e. The Morgan fingerprint density at radius 1 is 1.58 bits per heavy atom. The molecule has 106 valence electrons. The zero-order valence-corrected chi connectivity index (χ0v) is 12.4. The molecule has 5 heteroatoms. The molecule has 2 N–H and O–H groups in total. The second-order valence-corrected chi connectivity index (χ2v) is 6.13. The molecule has 0 spiro atoms. The molecule has 1 saturated heterocycles. The van der Waals surface area contributed by atoms with Crippen molar-refractivity contribution in [3.05, 3.63) is 21.9 Å². The van der Waals surface area contributed by atoms with Gasteiger partial charge in [-0.3, -0.25) is 4.79 Å². The van der Waals surface area contributed by atoms with Gasteiger partial charge in [-0.1, -0.05) is 6.92 Å². The molecule has 1 amide bonds. The molecule has 1 aliphatic heterocycles. The van der Waals surface area contributed by atoms with Crippen molar-refractivity contribution in [1.29, 1.82) is 0 Å². The number of rotatable bonds is 5. The van der Waals surface area contributed by atoms with Gasteiger partial charge in [-0.15, -0.1) is 11.3 Å². The molecule has 1 aliphatic rings. The number of ether oxygens (including phenoxy) is 1. The van der Waals surface area contributed by atoms with Crippen molar-refractivity contribution in [3.8, 4) is 0 Å². The van der Waals surface area contributed by atoms with Crippen LogP contribution in [0.15, 0.2) is 11.4 Å². The molecule has 2 heterocycles. The highest BCUT2D eigenvalue weighted by Gasteiger charge is 2.21. The fourth-order valence-corrected chi connectivity index (χ4v) is 3.08. The lowest BCUT2D eigenvalue weighted by molar-refractivity contribution is -0.120. The average Bonchev–Trinajstić information content (AvgIpc) is 2.81. The van der Waals surface area contributed by atoms with Gasteiger partial charge in [0.2, 0.25) is 5.91 Å². The van der Waals surface area contributed by atoms with Crippen LogP contribution in [-0.4, -0.2) is 31.7 Å². The zero-order valence-electron chi connectivity index (χ0n) is 11.6. The lowest BCUT2D eigenvalue weighted by Gasteiger charge is -2.29. The Morgan fingerprint density at radius 3 is 3.11 bits per heavy atom. The van der Waals surface area contributed by atoms with Gasteiger partial charge in [0.05, 0.1) is 19.7 Å². The predicted octanol–water partition coefficient (Wildman–Crippen LogP) is 1.69. The smallest absolute Gasteiger partial charge is 0.234 e. The number of aryl methyl sites for hydroxylation is 1. The summed E-state index contributed by atoms with van der Waals surface area (Å²) in [6.45, 7) is 6.82. The third kappa shape index (κ3) is 4.30. The Kier molecular flexibility index (Phi) is 5.36. The summed E-state index contributed by atoms with van der Waals surface area (Å²) >= 11 is 1.69. The standard InChI is InChI=1S/C14H22N2O2S/c1-10-4-6-19-13(10)7-16-14(17)8-15-12-3-5-18-9-11(12)2/h4,6,11-12,15H,3,5,7-9H2,1-2H3,(H,16,17). The average molecular weight is 282 g/mol. The Bertz CT molecular complexity index is 419. The van der Waals surface area contributed by atoms with Gasteiger partial charge in [0, 0.05) is 17.5 Å². The van der Waals surface area contributed by atoms with E-state index in [1.54, 1.807) is 11.3 Å². The Morgan fingerprint density at radius 2 is 2.42 bits per heavy atom. The number of carbonyl (C=O) groups excluding carboxylic acids is 1. The SMILES string of the molecule is Cc1ccsc1CNC(=O)CNC1CCOCC1C. The summed E-state index contributed by atoms with van der Waals surface area (Å²) in [5.41, 5.74) is 1.25. The van der Waals surface area contributed by atoms with E-state index in [9.17, 15) is 4.79 Å². The molecule has 0 saturated carbocycles. The molecule has 0 radical (unpaired) electrons. The highest BCUT2D eigenvalue weighted by Crippen LogP contribution is 2.15. The van der Waals surface area contributed by atoms with E-state index in [2.05, 4.69) is 35.9 Å². The maximum atomic E-state index is 11.8. The first-order valence-corrected chi connectivity index (χ1v) is 7.65. The van der Waals surface area contributed by atoms with Crippen LogP contribution < -0.4 is 10.6 Å².